The Balaban J connectivity index is 1.84. The Morgan fingerprint density at radius 1 is 1.29 bits per heavy atom. The van der Waals surface area contributed by atoms with Crippen LogP contribution in [-0.2, 0) is 0 Å². The number of likely N-dealkylation sites (tertiary alicyclic amines) is 1. The maximum Gasteiger partial charge on any atom is 0.0556 e. The number of nitrogens with zero attached hydrogens (tertiary/aromatic N) is 1. The van der Waals surface area contributed by atoms with Gasteiger partial charge in [-0.3, -0.25) is 4.90 Å². The van der Waals surface area contributed by atoms with Gasteiger partial charge in [0.2, 0.25) is 0 Å². The van der Waals surface area contributed by atoms with E-state index in [9.17, 15) is 0 Å². The third-order valence-electron chi connectivity index (χ3n) is 4.40. The minimum absolute atomic E-state index is 0.262. The Bertz CT molecular complexity index is 218. The topological polar surface area (TPSA) is 35.5 Å². The summed E-state index contributed by atoms with van der Waals surface area (Å²) in [5.41, 5.74) is 0. The van der Waals surface area contributed by atoms with Crippen LogP contribution in [0.1, 0.15) is 45.4 Å². The average molecular weight is 240 g/mol. The van der Waals surface area contributed by atoms with Crippen LogP contribution in [0.25, 0.3) is 0 Å². The summed E-state index contributed by atoms with van der Waals surface area (Å²) >= 11 is 0. The predicted molar refractivity (Wildman–Crippen MR) is 71.1 cm³/mol. The smallest absolute Gasteiger partial charge is 0.0556 e. The molecule has 1 aliphatic carbocycles. The zero-order valence-electron chi connectivity index (χ0n) is 11.2. The van der Waals surface area contributed by atoms with E-state index < -0.39 is 0 Å². The summed E-state index contributed by atoms with van der Waals surface area (Å²) in [5, 5.41) is 12.4. The molecular weight excluding hydrogens is 212 g/mol. The standard InChI is InChI=1S/C14H28N2O/c1-2-4-12-9-13(15-7-8-17)11-16(10-12)14-5-3-6-14/h12-15,17H,2-11H2,1H3. The summed E-state index contributed by atoms with van der Waals surface area (Å²) in [6.07, 6.45) is 8.21. The van der Waals surface area contributed by atoms with Crippen LogP contribution in [0.2, 0.25) is 0 Å². The molecular formula is C14H28N2O. The Morgan fingerprint density at radius 3 is 2.71 bits per heavy atom. The first-order valence-electron chi connectivity index (χ1n) is 7.41. The van der Waals surface area contributed by atoms with Gasteiger partial charge in [0.25, 0.3) is 0 Å². The molecule has 1 heterocycles. The fraction of sp³-hybridized carbons (Fsp3) is 1.00. The molecule has 2 fully saturated rings. The highest BCUT2D eigenvalue weighted by Crippen LogP contribution is 2.30. The maximum atomic E-state index is 8.92. The van der Waals surface area contributed by atoms with Crippen LogP contribution in [-0.4, -0.2) is 48.3 Å². The Hall–Kier alpha value is -0.120. The van der Waals surface area contributed by atoms with Crippen molar-refractivity contribution >= 4 is 0 Å². The minimum Gasteiger partial charge on any atom is -0.395 e. The number of hydrogen-bond acceptors (Lipinski definition) is 3. The molecule has 0 aromatic carbocycles. The first-order chi connectivity index (χ1) is 8.33. The van der Waals surface area contributed by atoms with Crippen molar-refractivity contribution in [1.82, 2.24) is 10.2 Å². The van der Waals surface area contributed by atoms with Crippen molar-refractivity contribution in [2.24, 2.45) is 5.92 Å². The number of rotatable bonds is 6. The molecule has 1 saturated carbocycles. The second-order valence-corrected chi connectivity index (χ2v) is 5.80. The van der Waals surface area contributed by atoms with Gasteiger partial charge in [0.05, 0.1) is 6.61 Å². The van der Waals surface area contributed by atoms with Crippen molar-refractivity contribution in [3.8, 4) is 0 Å². The van der Waals surface area contributed by atoms with E-state index in [1.165, 1.54) is 51.6 Å². The van der Waals surface area contributed by atoms with Gasteiger partial charge in [0, 0.05) is 31.7 Å². The van der Waals surface area contributed by atoms with Gasteiger partial charge in [-0.05, 0) is 31.6 Å². The summed E-state index contributed by atoms with van der Waals surface area (Å²) in [4.78, 5) is 2.71. The zero-order chi connectivity index (χ0) is 12.1. The summed E-state index contributed by atoms with van der Waals surface area (Å²) < 4.78 is 0. The van der Waals surface area contributed by atoms with Crippen molar-refractivity contribution in [3.63, 3.8) is 0 Å². The Kier molecular flexibility index (Phi) is 5.26. The first-order valence-corrected chi connectivity index (χ1v) is 7.41. The van der Waals surface area contributed by atoms with E-state index in [1.54, 1.807) is 0 Å². The zero-order valence-corrected chi connectivity index (χ0v) is 11.2. The molecule has 0 aromatic rings. The highest BCUT2D eigenvalue weighted by Gasteiger charge is 2.32. The summed E-state index contributed by atoms with van der Waals surface area (Å²) in [6, 6.07) is 1.47. The van der Waals surface area contributed by atoms with E-state index in [0.29, 0.717) is 6.04 Å². The number of aliphatic hydroxyl groups is 1. The van der Waals surface area contributed by atoms with Crippen LogP contribution < -0.4 is 5.32 Å². The lowest BCUT2D eigenvalue weighted by atomic mass is 9.85. The number of nitrogens with one attached hydrogen (secondary N) is 1. The number of hydrogen-bond donors (Lipinski definition) is 2. The molecule has 2 unspecified atom stereocenters. The second kappa shape index (κ2) is 6.72. The van der Waals surface area contributed by atoms with E-state index in [2.05, 4.69) is 17.1 Å². The molecule has 0 spiro atoms. The van der Waals surface area contributed by atoms with Crippen LogP contribution in [0.15, 0.2) is 0 Å². The number of aliphatic hydroxyl groups excluding tert-OH is 1. The van der Waals surface area contributed by atoms with Gasteiger partial charge in [0.15, 0.2) is 0 Å². The highest BCUT2D eigenvalue weighted by molar-refractivity contribution is 4.89. The van der Waals surface area contributed by atoms with Crippen molar-refractivity contribution in [1.29, 1.82) is 0 Å². The van der Waals surface area contributed by atoms with Crippen LogP contribution >= 0.6 is 0 Å². The molecule has 2 aliphatic rings. The van der Waals surface area contributed by atoms with Gasteiger partial charge in [-0.15, -0.1) is 0 Å². The molecule has 2 rings (SSSR count). The van der Waals surface area contributed by atoms with E-state index in [4.69, 9.17) is 5.11 Å². The lowest BCUT2D eigenvalue weighted by Crippen LogP contribution is -2.54. The molecule has 0 radical (unpaired) electrons. The number of piperidine rings is 1. The third kappa shape index (κ3) is 3.67. The van der Waals surface area contributed by atoms with Gasteiger partial charge in [-0.2, -0.15) is 0 Å². The molecule has 2 atom stereocenters. The molecule has 2 N–H and O–H groups in total. The average Bonchev–Trinajstić information content (AvgIpc) is 2.24. The van der Waals surface area contributed by atoms with Crippen molar-refractivity contribution < 1.29 is 5.11 Å². The lowest BCUT2D eigenvalue weighted by molar-refractivity contribution is 0.0550. The molecule has 1 saturated heterocycles. The summed E-state index contributed by atoms with van der Waals surface area (Å²) in [7, 11) is 0. The minimum atomic E-state index is 0.262. The molecule has 100 valence electrons. The van der Waals surface area contributed by atoms with Gasteiger partial charge in [-0.25, -0.2) is 0 Å². The SMILES string of the molecule is CCCC1CC(NCCO)CN(C2CCC2)C1. The van der Waals surface area contributed by atoms with Crippen molar-refractivity contribution in [3.05, 3.63) is 0 Å². The van der Waals surface area contributed by atoms with E-state index in [0.717, 1.165) is 18.5 Å². The predicted octanol–water partition coefficient (Wildman–Crippen LogP) is 1.61. The monoisotopic (exact) mass is 240 g/mol. The van der Waals surface area contributed by atoms with Gasteiger partial charge >= 0.3 is 0 Å². The van der Waals surface area contributed by atoms with Gasteiger partial charge < -0.3 is 10.4 Å². The third-order valence-corrected chi connectivity index (χ3v) is 4.40. The molecule has 0 aromatic heterocycles. The fourth-order valence-electron chi connectivity index (χ4n) is 3.32. The highest BCUT2D eigenvalue weighted by atomic mass is 16.3. The lowest BCUT2D eigenvalue weighted by Gasteiger charge is -2.45. The summed E-state index contributed by atoms with van der Waals surface area (Å²) in [5.74, 6) is 0.866. The van der Waals surface area contributed by atoms with E-state index >= 15 is 0 Å². The van der Waals surface area contributed by atoms with E-state index in [1.807, 2.05) is 0 Å². The normalized spacial score (nSPS) is 31.4. The van der Waals surface area contributed by atoms with E-state index in [-0.39, 0.29) is 6.61 Å². The quantitative estimate of drug-likeness (QED) is 0.740. The van der Waals surface area contributed by atoms with Crippen LogP contribution in [0.4, 0.5) is 0 Å². The molecule has 17 heavy (non-hydrogen) atoms. The van der Waals surface area contributed by atoms with Crippen LogP contribution in [0, 0.1) is 5.92 Å². The van der Waals surface area contributed by atoms with Crippen LogP contribution in [0.3, 0.4) is 0 Å². The molecule has 3 nitrogen and oxygen atoms in total. The maximum absolute atomic E-state index is 8.92. The van der Waals surface area contributed by atoms with Crippen LogP contribution in [0.5, 0.6) is 0 Å². The first kappa shape index (κ1) is 13.3. The molecule has 0 amide bonds. The van der Waals surface area contributed by atoms with Crippen molar-refractivity contribution in [2.75, 3.05) is 26.2 Å². The fourth-order valence-corrected chi connectivity index (χ4v) is 3.32. The van der Waals surface area contributed by atoms with Gasteiger partial charge in [-0.1, -0.05) is 19.8 Å². The summed E-state index contributed by atoms with van der Waals surface area (Å²) in [6.45, 7) is 5.82. The second-order valence-electron chi connectivity index (χ2n) is 5.80. The Labute approximate surface area is 106 Å². The van der Waals surface area contributed by atoms with Gasteiger partial charge in [0.1, 0.15) is 0 Å². The Morgan fingerprint density at radius 2 is 2.12 bits per heavy atom. The molecule has 0 bridgehead atoms. The largest absolute Gasteiger partial charge is 0.395 e. The molecule has 1 aliphatic heterocycles. The molecule has 3 heteroatoms. The van der Waals surface area contributed by atoms with Crippen molar-refractivity contribution in [2.45, 2.75) is 57.5 Å².